The van der Waals surface area contributed by atoms with E-state index in [0.29, 0.717) is 5.92 Å². The van der Waals surface area contributed by atoms with Crippen molar-refractivity contribution in [3.8, 4) is 0 Å². The lowest BCUT2D eigenvalue weighted by Crippen LogP contribution is -1.95. The summed E-state index contributed by atoms with van der Waals surface area (Å²) in [5.41, 5.74) is 4.02. The van der Waals surface area contributed by atoms with E-state index in [4.69, 9.17) is 11.6 Å². The Morgan fingerprint density at radius 3 is 2.67 bits per heavy atom. The third kappa shape index (κ3) is 3.39. The number of hydrogen-bond acceptors (Lipinski definition) is 0. The Hall–Kier alpha value is -0.750. The van der Waals surface area contributed by atoms with Crippen LogP contribution in [0.25, 0.3) is 6.08 Å². The van der Waals surface area contributed by atoms with Crippen LogP contribution in [0, 0.1) is 0 Å². The van der Waals surface area contributed by atoms with Crippen molar-refractivity contribution in [3.63, 3.8) is 0 Å². The Morgan fingerprint density at radius 2 is 2.13 bits per heavy atom. The van der Waals surface area contributed by atoms with E-state index < -0.39 is 0 Å². The van der Waals surface area contributed by atoms with Crippen LogP contribution < -0.4 is 0 Å². The maximum atomic E-state index is 5.70. The fourth-order valence-corrected chi connectivity index (χ4v) is 1.87. The van der Waals surface area contributed by atoms with Gasteiger partial charge in [0.2, 0.25) is 0 Å². The normalized spacial score (nSPS) is 10.7. The molecule has 0 saturated carbocycles. The fraction of sp³-hybridized carbons (Fsp3) is 0.429. The van der Waals surface area contributed by atoms with E-state index >= 15 is 0 Å². The third-order valence-corrected chi connectivity index (χ3v) is 2.86. The number of halogens is 1. The molecular weight excluding hydrogens is 204 g/mol. The van der Waals surface area contributed by atoms with Gasteiger partial charge in [-0.15, -0.1) is 11.6 Å². The number of rotatable bonds is 5. The second-order valence-electron chi connectivity index (χ2n) is 4.11. The highest BCUT2D eigenvalue weighted by atomic mass is 35.5. The SMILES string of the molecule is C=Cc1ccc(CCCCl)cc1C(C)C. The quantitative estimate of drug-likeness (QED) is 0.638. The topological polar surface area (TPSA) is 0 Å². The summed E-state index contributed by atoms with van der Waals surface area (Å²) in [7, 11) is 0. The first-order valence-corrected chi connectivity index (χ1v) is 6.03. The first-order chi connectivity index (χ1) is 7.19. The summed E-state index contributed by atoms with van der Waals surface area (Å²) < 4.78 is 0. The van der Waals surface area contributed by atoms with Gasteiger partial charge in [0.05, 0.1) is 0 Å². The highest BCUT2D eigenvalue weighted by molar-refractivity contribution is 6.17. The van der Waals surface area contributed by atoms with Crippen LogP contribution in [-0.4, -0.2) is 5.88 Å². The lowest BCUT2D eigenvalue weighted by Gasteiger charge is -2.12. The van der Waals surface area contributed by atoms with Crippen molar-refractivity contribution in [2.24, 2.45) is 0 Å². The molecule has 0 heterocycles. The van der Waals surface area contributed by atoms with Gasteiger partial charge in [0.25, 0.3) is 0 Å². The first kappa shape index (κ1) is 12.3. The molecule has 0 nitrogen and oxygen atoms in total. The van der Waals surface area contributed by atoms with Crippen LogP contribution in [-0.2, 0) is 6.42 Å². The maximum Gasteiger partial charge on any atom is 0.0226 e. The van der Waals surface area contributed by atoms with Gasteiger partial charge in [0.1, 0.15) is 0 Å². The van der Waals surface area contributed by atoms with Crippen molar-refractivity contribution in [2.45, 2.75) is 32.6 Å². The van der Waals surface area contributed by atoms with Crippen LogP contribution in [0.1, 0.15) is 42.9 Å². The molecule has 0 aromatic heterocycles. The van der Waals surface area contributed by atoms with Gasteiger partial charge in [-0.1, -0.05) is 44.7 Å². The molecule has 15 heavy (non-hydrogen) atoms. The summed E-state index contributed by atoms with van der Waals surface area (Å²) in [6, 6.07) is 6.62. The lowest BCUT2D eigenvalue weighted by atomic mass is 9.94. The minimum absolute atomic E-state index is 0.550. The summed E-state index contributed by atoms with van der Waals surface area (Å²) in [5, 5.41) is 0. The van der Waals surface area contributed by atoms with Crippen LogP contribution in [0.4, 0.5) is 0 Å². The molecule has 0 spiro atoms. The average Bonchev–Trinajstić information content (AvgIpc) is 2.25. The molecule has 0 aliphatic heterocycles. The second-order valence-corrected chi connectivity index (χ2v) is 4.49. The van der Waals surface area contributed by atoms with Crippen molar-refractivity contribution >= 4 is 17.7 Å². The molecule has 0 amide bonds. The molecule has 1 aromatic rings. The Labute approximate surface area is 98.0 Å². The highest BCUT2D eigenvalue weighted by Crippen LogP contribution is 2.22. The van der Waals surface area contributed by atoms with E-state index in [2.05, 4.69) is 38.6 Å². The van der Waals surface area contributed by atoms with E-state index in [9.17, 15) is 0 Å². The van der Waals surface area contributed by atoms with Crippen molar-refractivity contribution in [1.82, 2.24) is 0 Å². The largest absolute Gasteiger partial charge is 0.127 e. The van der Waals surface area contributed by atoms with Crippen LogP contribution in [0.15, 0.2) is 24.8 Å². The zero-order valence-corrected chi connectivity index (χ0v) is 10.3. The summed E-state index contributed by atoms with van der Waals surface area (Å²) in [6.07, 6.45) is 4.05. The van der Waals surface area contributed by atoms with Gasteiger partial charge >= 0.3 is 0 Å². The minimum Gasteiger partial charge on any atom is -0.127 e. The zero-order chi connectivity index (χ0) is 11.3. The van der Waals surface area contributed by atoms with Crippen molar-refractivity contribution < 1.29 is 0 Å². The van der Waals surface area contributed by atoms with Crippen molar-refractivity contribution in [3.05, 3.63) is 41.5 Å². The van der Waals surface area contributed by atoms with Crippen LogP contribution >= 0.6 is 11.6 Å². The molecule has 0 saturated heterocycles. The van der Waals surface area contributed by atoms with Gasteiger partial charge in [-0.25, -0.2) is 0 Å². The number of alkyl halides is 1. The Kier molecular flexibility index (Phi) is 4.90. The van der Waals surface area contributed by atoms with E-state index in [1.165, 1.54) is 16.7 Å². The molecule has 1 aromatic carbocycles. The fourth-order valence-electron chi connectivity index (χ4n) is 1.74. The highest BCUT2D eigenvalue weighted by Gasteiger charge is 2.05. The lowest BCUT2D eigenvalue weighted by molar-refractivity contribution is 0.852. The Balaban J connectivity index is 2.94. The molecule has 0 N–H and O–H groups in total. The summed E-state index contributed by atoms with van der Waals surface area (Å²) in [6.45, 7) is 8.28. The Bertz CT molecular complexity index is 326. The predicted molar refractivity (Wildman–Crippen MR) is 69.7 cm³/mol. The standard InChI is InChI=1S/C14H19Cl/c1-4-13-8-7-12(6-5-9-15)10-14(13)11(2)3/h4,7-8,10-11H,1,5-6,9H2,2-3H3. The molecule has 0 radical (unpaired) electrons. The smallest absolute Gasteiger partial charge is 0.0226 e. The molecule has 0 aliphatic carbocycles. The van der Waals surface area contributed by atoms with Crippen molar-refractivity contribution in [1.29, 1.82) is 0 Å². The summed E-state index contributed by atoms with van der Waals surface area (Å²) >= 11 is 5.70. The number of benzene rings is 1. The van der Waals surface area contributed by atoms with Gasteiger partial charge in [-0.3, -0.25) is 0 Å². The van der Waals surface area contributed by atoms with E-state index in [1.807, 2.05) is 6.08 Å². The van der Waals surface area contributed by atoms with Crippen LogP contribution in [0.3, 0.4) is 0 Å². The van der Waals surface area contributed by atoms with E-state index in [-0.39, 0.29) is 0 Å². The van der Waals surface area contributed by atoms with Gasteiger partial charge in [-0.2, -0.15) is 0 Å². The molecule has 0 aliphatic rings. The van der Waals surface area contributed by atoms with Gasteiger partial charge in [-0.05, 0) is 35.4 Å². The molecular formula is C14H19Cl. The van der Waals surface area contributed by atoms with Crippen molar-refractivity contribution in [2.75, 3.05) is 5.88 Å². The van der Waals surface area contributed by atoms with Gasteiger partial charge < -0.3 is 0 Å². The van der Waals surface area contributed by atoms with E-state index in [1.54, 1.807) is 0 Å². The number of aryl methyl sites for hydroxylation is 1. The maximum absolute atomic E-state index is 5.70. The third-order valence-electron chi connectivity index (χ3n) is 2.59. The minimum atomic E-state index is 0.550. The monoisotopic (exact) mass is 222 g/mol. The second kappa shape index (κ2) is 5.97. The molecule has 0 fully saturated rings. The zero-order valence-electron chi connectivity index (χ0n) is 9.59. The van der Waals surface area contributed by atoms with E-state index in [0.717, 1.165) is 18.7 Å². The number of hydrogen-bond donors (Lipinski definition) is 0. The predicted octanol–water partition coefficient (Wildman–Crippen LogP) is 4.62. The molecule has 1 heteroatoms. The van der Waals surface area contributed by atoms with Gasteiger partial charge in [0.15, 0.2) is 0 Å². The molecule has 82 valence electrons. The van der Waals surface area contributed by atoms with Crippen LogP contribution in [0.2, 0.25) is 0 Å². The molecule has 0 unspecified atom stereocenters. The average molecular weight is 223 g/mol. The molecule has 1 rings (SSSR count). The van der Waals surface area contributed by atoms with Gasteiger partial charge in [0, 0.05) is 5.88 Å². The summed E-state index contributed by atoms with van der Waals surface area (Å²) in [5.74, 6) is 1.29. The summed E-state index contributed by atoms with van der Waals surface area (Å²) in [4.78, 5) is 0. The Morgan fingerprint density at radius 1 is 1.40 bits per heavy atom. The van der Waals surface area contributed by atoms with Crippen LogP contribution in [0.5, 0.6) is 0 Å². The first-order valence-electron chi connectivity index (χ1n) is 5.50. The molecule has 0 atom stereocenters. The molecule has 0 bridgehead atoms.